The highest BCUT2D eigenvalue weighted by atomic mass is 32.2. The van der Waals surface area contributed by atoms with Crippen LogP contribution in [0.4, 0.5) is 5.82 Å². The van der Waals surface area contributed by atoms with Gasteiger partial charge in [-0.15, -0.1) is 11.8 Å². The Bertz CT molecular complexity index is 313. The maximum Gasteiger partial charge on any atom is 0.130 e. The molecule has 0 bridgehead atoms. The molecule has 1 heterocycles. The predicted octanol–water partition coefficient (Wildman–Crippen LogP) is 2.38. The van der Waals surface area contributed by atoms with Gasteiger partial charge in [0.1, 0.15) is 17.2 Å². The van der Waals surface area contributed by atoms with Crippen LogP contribution in [0.1, 0.15) is 26.2 Å². The molecule has 0 spiro atoms. The fourth-order valence-corrected chi connectivity index (χ4v) is 2.17. The lowest BCUT2D eigenvalue weighted by molar-refractivity contribution is 0.473. The molecule has 96 valence electrons. The lowest BCUT2D eigenvalue weighted by Gasteiger charge is -2.16. The molecule has 1 aromatic rings. The van der Waals surface area contributed by atoms with Gasteiger partial charge in [0.15, 0.2) is 0 Å². The van der Waals surface area contributed by atoms with Gasteiger partial charge in [-0.2, -0.15) is 0 Å². The third-order valence-electron chi connectivity index (χ3n) is 2.69. The summed E-state index contributed by atoms with van der Waals surface area (Å²) in [6.45, 7) is 3.90. The molecule has 0 saturated carbocycles. The first-order chi connectivity index (χ1) is 8.30. The Morgan fingerprint density at radius 2 is 2.24 bits per heavy atom. The molecule has 0 fully saturated rings. The van der Waals surface area contributed by atoms with E-state index in [1.807, 2.05) is 12.3 Å². The van der Waals surface area contributed by atoms with Crippen molar-refractivity contribution in [1.82, 2.24) is 9.97 Å². The van der Waals surface area contributed by atoms with Gasteiger partial charge in [0.2, 0.25) is 0 Å². The van der Waals surface area contributed by atoms with Crippen molar-refractivity contribution in [3.8, 4) is 0 Å². The van der Waals surface area contributed by atoms with E-state index in [2.05, 4.69) is 22.2 Å². The van der Waals surface area contributed by atoms with Gasteiger partial charge >= 0.3 is 0 Å². The summed E-state index contributed by atoms with van der Waals surface area (Å²) in [5.41, 5.74) is 5.62. The molecule has 0 aliphatic heterocycles. The Balaban J connectivity index is 2.46. The van der Waals surface area contributed by atoms with E-state index >= 15 is 0 Å². The highest BCUT2D eigenvalue weighted by molar-refractivity contribution is 7.98. The van der Waals surface area contributed by atoms with Crippen LogP contribution < -0.4 is 11.1 Å². The van der Waals surface area contributed by atoms with Gasteiger partial charge in [-0.1, -0.05) is 13.3 Å². The number of nitrogens with zero attached hydrogens (tertiary/aromatic N) is 2. The Morgan fingerprint density at radius 3 is 2.88 bits per heavy atom. The van der Waals surface area contributed by atoms with Gasteiger partial charge in [0.25, 0.3) is 0 Å². The van der Waals surface area contributed by atoms with Crippen LogP contribution in [0, 0.1) is 5.92 Å². The zero-order chi connectivity index (χ0) is 12.5. The highest BCUT2D eigenvalue weighted by Gasteiger charge is 2.07. The maximum atomic E-state index is 5.62. The van der Waals surface area contributed by atoms with Crippen molar-refractivity contribution in [3.05, 3.63) is 12.4 Å². The van der Waals surface area contributed by atoms with Crippen LogP contribution in [-0.4, -0.2) is 29.3 Å². The standard InChI is InChI=1S/C12H22N4S/c1-3-4-10(5-6-13)8-14-11-7-12(17-2)16-9-15-11/h7,9-10H,3-6,8,13H2,1-2H3,(H,14,15,16). The number of anilines is 1. The van der Waals surface area contributed by atoms with Gasteiger partial charge in [0, 0.05) is 12.6 Å². The number of aromatic nitrogens is 2. The molecule has 0 saturated heterocycles. The normalized spacial score (nSPS) is 12.4. The predicted molar refractivity (Wildman–Crippen MR) is 74.4 cm³/mol. The molecule has 1 rings (SSSR count). The Morgan fingerprint density at radius 1 is 1.41 bits per heavy atom. The molecule has 0 amide bonds. The van der Waals surface area contributed by atoms with Gasteiger partial charge in [-0.3, -0.25) is 0 Å². The molecule has 17 heavy (non-hydrogen) atoms. The summed E-state index contributed by atoms with van der Waals surface area (Å²) in [6.07, 6.45) is 7.10. The molecule has 1 atom stereocenters. The second-order valence-corrected chi connectivity index (χ2v) is 4.89. The van der Waals surface area contributed by atoms with Crippen molar-refractivity contribution in [2.45, 2.75) is 31.2 Å². The Kier molecular flexibility index (Phi) is 6.96. The second kappa shape index (κ2) is 8.31. The number of hydrogen-bond acceptors (Lipinski definition) is 5. The molecular formula is C12H22N4S. The first-order valence-corrected chi connectivity index (χ1v) is 7.32. The molecule has 0 aliphatic carbocycles. The first-order valence-electron chi connectivity index (χ1n) is 6.10. The van der Waals surface area contributed by atoms with Gasteiger partial charge < -0.3 is 11.1 Å². The van der Waals surface area contributed by atoms with E-state index in [1.165, 1.54) is 12.8 Å². The number of nitrogens with two attached hydrogens (primary N) is 1. The summed E-state index contributed by atoms with van der Waals surface area (Å²) >= 11 is 1.63. The van der Waals surface area contributed by atoms with Gasteiger partial charge in [-0.05, 0) is 31.6 Å². The topological polar surface area (TPSA) is 63.8 Å². The SMILES string of the molecule is CCCC(CCN)CNc1cc(SC)ncn1. The van der Waals surface area contributed by atoms with Crippen LogP contribution >= 0.6 is 11.8 Å². The largest absolute Gasteiger partial charge is 0.370 e. The summed E-state index contributed by atoms with van der Waals surface area (Å²) in [6, 6.07) is 1.98. The van der Waals surface area contributed by atoms with E-state index in [-0.39, 0.29) is 0 Å². The quantitative estimate of drug-likeness (QED) is 0.551. The van der Waals surface area contributed by atoms with Crippen molar-refractivity contribution >= 4 is 17.6 Å². The maximum absolute atomic E-state index is 5.62. The Labute approximate surface area is 108 Å². The van der Waals surface area contributed by atoms with Crippen LogP contribution in [0.3, 0.4) is 0 Å². The van der Waals surface area contributed by atoms with Crippen LogP contribution in [0.2, 0.25) is 0 Å². The lowest BCUT2D eigenvalue weighted by Crippen LogP contribution is -2.18. The molecular weight excluding hydrogens is 232 g/mol. The molecule has 1 aromatic heterocycles. The Hall–Kier alpha value is -0.810. The fourth-order valence-electron chi connectivity index (χ4n) is 1.79. The number of thioether (sulfide) groups is 1. The van der Waals surface area contributed by atoms with E-state index in [0.29, 0.717) is 5.92 Å². The summed E-state index contributed by atoms with van der Waals surface area (Å²) in [4.78, 5) is 8.36. The second-order valence-electron chi connectivity index (χ2n) is 4.06. The number of rotatable bonds is 8. The van der Waals surface area contributed by atoms with Crippen molar-refractivity contribution in [3.63, 3.8) is 0 Å². The molecule has 5 heteroatoms. The summed E-state index contributed by atoms with van der Waals surface area (Å²) < 4.78 is 0. The van der Waals surface area contributed by atoms with Crippen molar-refractivity contribution < 1.29 is 0 Å². The smallest absolute Gasteiger partial charge is 0.130 e. The average molecular weight is 254 g/mol. The minimum Gasteiger partial charge on any atom is -0.370 e. The average Bonchev–Trinajstić information content (AvgIpc) is 2.37. The van der Waals surface area contributed by atoms with E-state index < -0.39 is 0 Å². The summed E-state index contributed by atoms with van der Waals surface area (Å²) in [5, 5.41) is 4.36. The van der Waals surface area contributed by atoms with Crippen molar-refractivity contribution in [2.24, 2.45) is 11.7 Å². The zero-order valence-corrected chi connectivity index (χ0v) is 11.5. The van der Waals surface area contributed by atoms with Gasteiger partial charge in [0.05, 0.1) is 0 Å². The lowest BCUT2D eigenvalue weighted by atomic mass is 10.00. The third-order valence-corrected chi connectivity index (χ3v) is 3.34. The minimum absolute atomic E-state index is 0.637. The number of nitrogens with one attached hydrogen (secondary N) is 1. The molecule has 1 unspecified atom stereocenters. The van der Waals surface area contributed by atoms with E-state index in [1.54, 1.807) is 18.1 Å². The van der Waals surface area contributed by atoms with Crippen molar-refractivity contribution in [1.29, 1.82) is 0 Å². The third kappa shape index (κ3) is 5.37. The van der Waals surface area contributed by atoms with Gasteiger partial charge in [-0.25, -0.2) is 9.97 Å². The molecule has 0 aromatic carbocycles. The van der Waals surface area contributed by atoms with E-state index in [9.17, 15) is 0 Å². The first kappa shape index (κ1) is 14.3. The van der Waals surface area contributed by atoms with Crippen LogP contribution in [0.25, 0.3) is 0 Å². The minimum atomic E-state index is 0.637. The zero-order valence-electron chi connectivity index (χ0n) is 10.6. The van der Waals surface area contributed by atoms with Crippen molar-refractivity contribution in [2.75, 3.05) is 24.7 Å². The molecule has 4 nitrogen and oxygen atoms in total. The monoisotopic (exact) mass is 254 g/mol. The number of hydrogen-bond donors (Lipinski definition) is 2. The fraction of sp³-hybridized carbons (Fsp3) is 0.667. The van der Waals surface area contributed by atoms with Crippen LogP contribution in [0.5, 0.6) is 0 Å². The molecule has 3 N–H and O–H groups in total. The molecule has 0 aliphatic rings. The summed E-state index contributed by atoms with van der Waals surface area (Å²) in [7, 11) is 0. The summed E-state index contributed by atoms with van der Waals surface area (Å²) in [5.74, 6) is 1.54. The van der Waals surface area contributed by atoms with Crippen LogP contribution in [-0.2, 0) is 0 Å². The van der Waals surface area contributed by atoms with E-state index in [4.69, 9.17) is 5.73 Å². The van der Waals surface area contributed by atoms with E-state index in [0.717, 1.165) is 30.4 Å². The van der Waals surface area contributed by atoms with Crippen LogP contribution in [0.15, 0.2) is 17.4 Å². The highest BCUT2D eigenvalue weighted by Crippen LogP contribution is 2.15. The molecule has 0 radical (unpaired) electrons.